The number of nitrogens with zero attached hydrogens (tertiary/aromatic N) is 5. The highest BCUT2D eigenvalue weighted by molar-refractivity contribution is 6.32. The summed E-state index contributed by atoms with van der Waals surface area (Å²) < 4.78 is 33.5. The molecule has 0 amide bonds. The van der Waals surface area contributed by atoms with E-state index in [1.54, 1.807) is 4.57 Å². The molecule has 17 heteroatoms. The standard InChI is InChI=1S/C32H33ClN6O10/c1-3-4-9-24-34-28(33)25(30(40)46-17(2)47-32(43)49-23-16-45-26-22(48-31(41)42)15-44-27(23)26)39(24)14-18-10-12-19(13-11-18)20-7-5-6-8-21(20)29-35-37-38-36-29/h5-8,10-13,17,22-23,26-27H,3-4,9,14-16H2,1-2H3,(H,41,42)(H,35,36,37,38)/t17?,22-,23-,26+,27+/m1/s1. The highest BCUT2D eigenvalue weighted by atomic mass is 35.5. The molecule has 16 nitrogen and oxygen atoms in total. The summed E-state index contributed by atoms with van der Waals surface area (Å²) in [6.07, 6.45) is -4.85. The number of ether oxygens (including phenoxy) is 6. The van der Waals surface area contributed by atoms with Gasteiger partial charge in [0.1, 0.15) is 18.0 Å². The monoisotopic (exact) mass is 696 g/mol. The molecule has 49 heavy (non-hydrogen) atoms. The molecule has 0 bridgehead atoms. The van der Waals surface area contributed by atoms with Gasteiger partial charge < -0.3 is 38.1 Å². The number of aromatic amines is 1. The van der Waals surface area contributed by atoms with Crippen molar-refractivity contribution in [2.75, 3.05) is 13.2 Å². The lowest BCUT2D eigenvalue weighted by Gasteiger charge is -2.19. The largest absolute Gasteiger partial charge is 0.511 e. The van der Waals surface area contributed by atoms with E-state index in [9.17, 15) is 14.4 Å². The summed E-state index contributed by atoms with van der Waals surface area (Å²) in [5, 5.41) is 23.2. The minimum atomic E-state index is -1.46. The Morgan fingerprint density at radius 1 is 1.02 bits per heavy atom. The first-order valence-electron chi connectivity index (χ1n) is 15.6. The Balaban J connectivity index is 1.12. The van der Waals surface area contributed by atoms with Gasteiger partial charge in [-0.3, -0.25) is 0 Å². The third kappa shape index (κ3) is 7.66. The average Bonchev–Trinajstić information content (AvgIpc) is 3.87. The molecule has 2 saturated heterocycles. The fourth-order valence-electron chi connectivity index (χ4n) is 5.81. The van der Waals surface area contributed by atoms with Crippen LogP contribution in [0.1, 0.15) is 48.6 Å². The third-order valence-electron chi connectivity index (χ3n) is 8.07. The molecule has 6 rings (SSSR count). The summed E-state index contributed by atoms with van der Waals surface area (Å²) in [6, 6.07) is 15.5. The first-order valence-corrected chi connectivity index (χ1v) is 16.0. The van der Waals surface area contributed by atoms with Gasteiger partial charge in [-0.05, 0) is 28.3 Å². The van der Waals surface area contributed by atoms with E-state index in [4.69, 9.17) is 45.1 Å². The number of carbonyl (C=O) groups is 3. The first kappa shape index (κ1) is 33.8. The van der Waals surface area contributed by atoms with Gasteiger partial charge in [-0.15, -0.1) is 10.2 Å². The van der Waals surface area contributed by atoms with Gasteiger partial charge in [0.05, 0.1) is 13.2 Å². The number of hydrogen-bond acceptors (Lipinski definition) is 13. The number of imidazole rings is 1. The van der Waals surface area contributed by atoms with E-state index in [1.807, 2.05) is 55.5 Å². The third-order valence-corrected chi connectivity index (χ3v) is 8.33. The van der Waals surface area contributed by atoms with Gasteiger partial charge in [-0.2, -0.15) is 5.21 Å². The lowest BCUT2D eigenvalue weighted by molar-refractivity contribution is -0.0991. The number of unbranched alkanes of at least 4 members (excludes halogenated alkanes) is 1. The van der Waals surface area contributed by atoms with Crippen LogP contribution < -0.4 is 0 Å². The van der Waals surface area contributed by atoms with Crippen LogP contribution in [0, 0.1) is 0 Å². The summed E-state index contributed by atoms with van der Waals surface area (Å²) in [5.74, 6) is 0.243. The molecule has 2 aliphatic rings. The number of tetrazole rings is 1. The van der Waals surface area contributed by atoms with Crippen LogP contribution in [0.2, 0.25) is 5.15 Å². The molecule has 5 atom stereocenters. The Kier molecular flexibility index (Phi) is 10.4. The molecule has 0 aliphatic carbocycles. The number of aryl methyl sites for hydroxylation is 1. The smallest absolute Gasteiger partial charge is 0.450 e. The van der Waals surface area contributed by atoms with Crippen LogP contribution in [0.5, 0.6) is 0 Å². The van der Waals surface area contributed by atoms with Crippen LogP contribution in [0.3, 0.4) is 0 Å². The second kappa shape index (κ2) is 15.0. The molecule has 2 aromatic heterocycles. The van der Waals surface area contributed by atoms with Crippen molar-refractivity contribution in [2.45, 2.75) is 70.4 Å². The Labute approximate surface area is 284 Å². The summed E-state index contributed by atoms with van der Waals surface area (Å²) in [7, 11) is 0. The van der Waals surface area contributed by atoms with Gasteiger partial charge >= 0.3 is 18.3 Å². The van der Waals surface area contributed by atoms with Crippen molar-refractivity contribution in [3.8, 4) is 22.5 Å². The molecule has 1 unspecified atom stereocenters. The van der Waals surface area contributed by atoms with Crippen LogP contribution in [0.25, 0.3) is 22.5 Å². The predicted molar refractivity (Wildman–Crippen MR) is 169 cm³/mol. The number of carboxylic acid groups (broad SMARTS) is 1. The van der Waals surface area contributed by atoms with E-state index in [-0.39, 0.29) is 30.6 Å². The zero-order valence-corrected chi connectivity index (χ0v) is 27.2. The van der Waals surface area contributed by atoms with E-state index < -0.39 is 49.0 Å². The number of benzene rings is 2. The average molecular weight is 697 g/mol. The number of esters is 1. The van der Waals surface area contributed by atoms with E-state index in [2.05, 4.69) is 25.6 Å². The molecule has 2 fully saturated rings. The second-order valence-corrected chi connectivity index (χ2v) is 11.7. The molecular formula is C32H33ClN6O10. The Morgan fingerprint density at radius 2 is 1.71 bits per heavy atom. The lowest BCUT2D eigenvalue weighted by Crippen LogP contribution is -2.36. The molecule has 0 radical (unpaired) electrons. The minimum absolute atomic E-state index is 0.0129. The maximum Gasteiger partial charge on any atom is 0.511 e. The number of rotatable bonds is 12. The van der Waals surface area contributed by atoms with Gasteiger partial charge in [0.25, 0.3) is 0 Å². The summed E-state index contributed by atoms with van der Waals surface area (Å²) in [6.45, 7) is 3.57. The quantitative estimate of drug-likeness (QED) is 0.118. The topological polar surface area (TPSA) is 199 Å². The Hall–Kier alpha value is -5.06. The van der Waals surface area contributed by atoms with E-state index in [0.717, 1.165) is 35.1 Å². The van der Waals surface area contributed by atoms with Crippen LogP contribution in [0.4, 0.5) is 9.59 Å². The fourth-order valence-corrected chi connectivity index (χ4v) is 6.09. The Morgan fingerprint density at radius 3 is 2.37 bits per heavy atom. The number of halogens is 1. The molecule has 258 valence electrons. The number of hydrogen-bond donors (Lipinski definition) is 2. The number of carbonyl (C=O) groups excluding carboxylic acids is 2. The van der Waals surface area contributed by atoms with Crippen molar-refractivity contribution in [1.29, 1.82) is 0 Å². The minimum Gasteiger partial charge on any atom is -0.450 e. The number of H-pyrrole nitrogens is 1. The summed E-state index contributed by atoms with van der Waals surface area (Å²) in [5.41, 5.74) is 3.57. The highest BCUT2D eigenvalue weighted by Gasteiger charge is 2.51. The Bertz CT molecular complexity index is 1780. The maximum atomic E-state index is 13.4. The van der Waals surface area contributed by atoms with Crippen LogP contribution >= 0.6 is 11.6 Å². The van der Waals surface area contributed by atoms with E-state index >= 15 is 0 Å². The number of nitrogens with one attached hydrogen (secondary N) is 1. The van der Waals surface area contributed by atoms with Crippen molar-refractivity contribution in [3.05, 3.63) is 70.8 Å². The van der Waals surface area contributed by atoms with Gasteiger partial charge in [0.2, 0.25) is 12.1 Å². The van der Waals surface area contributed by atoms with E-state index in [0.29, 0.717) is 18.1 Å². The molecule has 4 aromatic rings. The summed E-state index contributed by atoms with van der Waals surface area (Å²) >= 11 is 6.50. The summed E-state index contributed by atoms with van der Waals surface area (Å²) in [4.78, 5) is 41.4. The van der Waals surface area contributed by atoms with Gasteiger partial charge in [-0.25, -0.2) is 19.4 Å². The second-order valence-electron chi connectivity index (χ2n) is 11.4. The van der Waals surface area contributed by atoms with E-state index in [1.165, 1.54) is 6.92 Å². The van der Waals surface area contributed by atoms with Crippen molar-refractivity contribution in [1.82, 2.24) is 30.2 Å². The highest BCUT2D eigenvalue weighted by Crippen LogP contribution is 2.32. The van der Waals surface area contributed by atoms with Crippen molar-refractivity contribution in [2.24, 2.45) is 0 Å². The van der Waals surface area contributed by atoms with Crippen molar-refractivity contribution >= 4 is 29.9 Å². The molecule has 0 spiro atoms. The van der Waals surface area contributed by atoms with Gasteiger partial charge in [-0.1, -0.05) is 73.5 Å². The van der Waals surface area contributed by atoms with Crippen LogP contribution in [-0.4, -0.2) is 97.5 Å². The molecule has 4 heterocycles. The maximum absolute atomic E-state index is 13.4. The molecule has 2 N–H and O–H groups in total. The molecule has 2 aliphatic heterocycles. The molecule has 0 saturated carbocycles. The van der Waals surface area contributed by atoms with Crippen LogP contribution in [0.15, 0.2) is 48.5 Å². The molecule has 2 aromatic carbocycles. The number of fused-ring (bicyclic) bond motifs is 1. The van der Waals surface area contributed by atoms with Gasteiger partial charge in [0.15, 0.2) is 23.1 Å². The number of aromatic nitrogens is 6. The fraction of sp³-hybridized carbons (Fsp3) is 0.406. The lowest BCUT2D eigenvalue weighted by atomic mass is 9.98. The zero-order chi connectivity index (χ0) is 34.5. The normalized spacial score (nSPS) is 20.4. The van der Waals surface area contributed by atoms with Crippen molar-refractivity contribution < 1.29 is 47.9 Å². The van der Waals surface area contributed by atoms with Crippen molar-refractivity contribution in [3.63, 3.8) is 0 Å². The zero-order valence-electron chi connectivity index (χ0n) is 26.5. The predicted octanol–water partition coefficient (Wildman–Crippen LogP) is 4.66. The van der Waals surface area contributed by atoms with Crippen LogP contribution in [-0.2, 0) is 41.4 Å². The van der Waals surface area contributed by atoms with Gasteiger partial charge in [0, 0.05) is 25.5 Å². The molecular weight excluding hydrogens is 664 g/mol. The SMILES string of the molecule is CCCCc1nc(Cl)c(C(=O)OC(C)OC(=O)O[C@@H]2CO[C@@H]3[C@H]2OC[C@H]3OC(=O)O)n1Cc1ccc(-c2ccccc2-c2nn[nH]n2)cc1. The first-order chi connectivity index (χ1) is 23.7.